The van der Waals surface area contributed by atoms with E-state index in [9.17, 15) is 14.4 Å². The summed E-state index contributed by atoms with van der Waals surface area (Å²) in [5.41, 5.74) is -1.01. The summed E-state index contributed by atoms with van der Waals surface area (Å²) >= 11 is 0. The van der Waals surface area contributed by atoms with Crippen LogP contribution in [0.1, 0.15) is 85.5 Å². The molecule has 2 fully saturated rings. The van der Waals surface area contributed by atoms with Gasteiger partial charge in [-0.05, 0) is 44.9 Å². The molecule has 2 aliphatic heterocycles. The van der Waals surface area contributed by atoms with Crippen molar-refractivity contribution >= 4 is 17.6 Å². The van der Waals surface area contributed by atoms with Gasteiger partial charge in [-0.25, -0.2) is 0 Å². The second-order valence-corrected chi connectivity index (χ2v) is 9.54. The molecule has 32 heavy (non-hydrogen) atoms. The molecule has 0 radical (unpaired) electrons. The molecule has 0 aromatic carbocycles. The molecule has 1 unspecified atom stereocenters. The Bertz CT molecular complexity index is 614. The van der Waals surface area contributed by atoms with Gasteiger partial charge in [-0.3, -0.25) is 14.4 Å². The number of rotatable bonds is 15. The van der Waals surface area contributed by atoms with Crippen molar-refractivity contribution in [1.82, 2.24) is 10.6 Å². The highest BCUT2D eigenvalue weighted by Crippen LogP contribution is 2.32. The zero-order valence-electron chi connectivity index (χ0n) is 20.2. The number of ketones is 1. The number of carbonyl (C=O) groups excluding carboxylic acids is 3. The van der Waals surface area contributed by atoms with Crippen molar-refractivity contribution in [3.05, 3.63) is 0 Å². The van der Waals surface area contributed by atoms with Crippen LogP contribution < -0.4 is 10.6 Å². The molecule has 184 valence electrons. The molecule has 4 atom stereocenters. The smallest absolute Gasteiger partial charge is 0.242 e. The Kier molecular flexibility index (Phi) is 11.1. The van der Waals surface area contributed by atoms with Gasteiger partial charge < -0.3 is 24.8 Å². The van der Waals surface area contributed by atoms with Crippen molar-refractivity contribution in [2.75, 3.05) is 19.8 Å². The van der Waals surface area contributed by atoms with E-state index in [1.807, 2.05) is 13.8 Å². The van der Waals surface area contributed by atoms with Gasteiger partial charge in [0.15, 0.2) is 17.7 Å². The molecule has 0 aromatic rings. The Labute approximate surface area is 192 Å². The zero-order chi connectivity index (χ0) is 23.6. The van der Waals surface area contributed by atoms with Gasteiger partial charge in [0.1, 0.15) is 6.04 Å². The van der Waals surface area contributed by atoms with Gasteiger partial charge in [-0.1, -0.05) is 40.0 Å². The number of epoxide rings is 1. The van der Waals surface area contributed by atoms with Gasteiger partial charge in [0.05, 0.1) is 19.3 Å². The molecule has 2 saturated heterocycles. The Balaban J connectivity index is 1.87. The summed E-state index contributed by atoms with van der Waals surface area (Å²) in [6, 6.07) is -1.40. The third-order valence-electron chi connectivity index (χ3n) is 5.95. The highest BCUT2D eigenvalue weighted by molar-refractivity contribution is 5.98. The fourth-order valence-corrected chi connectivity index (χ4v) is 3.86. The second kappa shape index (κ2) is 13.3. The quantitative estimate of drug-likeness (QED) is 0.291. The molecule has 8 nitrogen and oxygen atoms in total. The van der Waals surface area contributed by atoms with E-state index >= 15 is 0 Å². The fraction of sp³-hybridized carbons (Fsp3) is 0.875. The van der Waals surface area contributed by atoms with Crippen molar-refractivity contribution in [3.8, 4) is 0 Å². The first-order valence-corrected chi connectivity index (χ1v) is 12.3. The third-order valence-corrected chi connectivity index (χ3v) is 5.95. The molecule has 2 heterocycles. The summed E-state index contributed by atoms with van der Waals surface area (Å²) in [5, 5.41) is 5.59. The maximum atomic E-state index is 13.3. The molecule has 0 bridgehead atoms. The van der Waals surface area contributed by atoms with E-state index < -0.39 is 17.7 Å². The number of hydrogen-bond acceptors (Lipinski definition) is 6. The SMILES string of the molecule is CCCCCCC(=O)N[C@@H](C)C(=O)N[C@@H](CC(C)C)C(=O)[C@@]1(COC2CCCCO2)CO1. The van der Waals surface area contributed by atoms with Crippen LogP contribution in [0.4, 0.5) is 0 Å². The van der Waals surface area contributed by atoms with Gasteiger partial charge in [0.25, 0.3) is 0 Å². The van der Waals surface area contributed by atoms with Crippen LogP contribution in [0.5, 0.6) is 0 Å². The summed E-state index contributed by atoms with van der Waals surface area (Å²) in [7, 11) is 0. The molecule has 2 amide bonds. The maximum Gasteiger partial charge on any atom is 0.242 e. The predicted molar refractivity (Wildman–Crippen MR) is 121 cm³/mol. The standard InChI is InChI=1S/C24H42N2O6/c1-5-6-7-8-11-20(27)25-18(4)23(29)26-19(14-17(2)3)22(28)24(16-32-24)15-31-21-12-9-10-13-30-21/h17-19,21H,5-16H2,1-4H3,(H,25,27)(H,26,29)/t18-,19-,21?,24+/m0/s1. The third kappa shape index (κ3) is 8.79. The van der Waals surface area contributed by atoms with E-state index in [-0.39, 0.29) is 43.0 Å². The van der Waals surface area contributed by atoms with Crippen LogP contribution in [0.25, 0.3) is 0 Å². The van der Waals surface area contributed by atoms with Crippen LogP contribution in [0, 0.1) is 5.92 Å². The Hall–Kier alpha value is -1.51. The van der Waals surface area contributed by atoms with Crippen LogP contribution in [0.15, 0.2) is 0 Å². The number of nitrogens with one attached hydrogen (secondary N) is 2. The molecule has 2 rings (SSSR count). The molecule has 0 saturated carbocycles. The van der Waals surface area contributed by atoms with E-state index in [1.54, 1.807) is 6.92 Å². The predicted octanol–water partition coefficient (Wildman–Crippen LogP) is 2.87. The minimum atomic E-state index is -1.01. The van der Waals surface area contributed by atoms with E-state index in [0.29, 0.717) is 19.4 Å². The molecule has 2 aliphatic rings. The summed E-state index contributed by atoms with van der Waals surface area (Å²) in [5.74, 6) is -0.476. The number of ether oxygens (including phenoxy) is 3. The van der Waals surface area contributed by atoms with Gasteiger partial charge in [0.2, 0.25) is 11.8 Å². The molecular formula is C24H42N2O6. The number of hydrogen-bond donors (Lipinski definition) is 2. The lowest BCUT2D eigenvalue weighted by molar-refractivity contribution is -0.173. The molecule has 0 aromatic heterocycles. The van der Waals surface area contributed by atoms with E-state index in [0.717, 1.165) is 44.9 Å². The normalized spacial score (nSPS) is 24.6. The first-order chi connectivity index (χ1) is 15.3. The van der Waals surface area contributed by atoms with Crippen molar-refractivity contribution < 1.29 is 28.6 Å². The van der Waals surface area contributed by atoms with Crippen LogP contribution >= 0.6 is 0 Å². The monoisotopic (exact) mass is 454 g/mol. The van der Waals surface area contributed by atoms with Crippen LogP contribution in [0.2, 0.25) is 0 Å². The van der Waals surface area contributed by atoms with Crippen molar-refractivity contribution in [3.63, 3.8) is 0 Å². The molecule has 0 aliphatic carbocycles. The minimum absolute atomic E-state index is 0.130. The number of carbonyl (C=O) groups is 3. The summed E-state index contributed by atoms with van der Waals surface area (Å²) in [6.07, 6.45) is 7.50. The van der Waals surface area contributed by atoms with Gasteiger partial charge in [0, 0.05) is 13.0 Å². The van der Waals surface area contributed by atoms with Gasteiger partial charge >= 0.3 is 0 Å². The first-order valence-electron chi connectivity index (χ1n) is 12.3. The van der Waals surface area contributed by atoms with Crippen LogP contribution in [-0.4, -0.2) is 61.4 Å². The van der Waals surface area contributed by atoms with E-state index in [4.69, 9.17) is 14.2 Å². The summed E-state index contributed by atoms with van der Waals surface area (Å²) in [4.78, 5) is 38.1. The van der Waals surface area contributed by atoms with Crippen LogP contribution in [-0.2, 0) is 28.6 Å². The Morgan fingerprint density at radius 3 is 2.44 bits per heavy atom. The molecular weight excluding hydrogens is 412 g/mol. The van der Waals surface area contributed by atoms with Crippen molar-refractivity contribution in [2.24, 2.45) is 5.92 Å². The summed E-state index contributed by atoms with van der Waals surface area (Å²) < 4.78 is 16.9. The molecule has 8 heteroatoms. The number of unbranched alkanes of at least 4 members (excludes halogenated alkanes) is 3. The molecule has 2 N–H and O–H groups in total. The van der Waals surface area contributed by atoms with E-state index in [2.05, 4.69) is 17.6 Å². The van der Waals surface area contributed by atoms with E-state index in [1.165, 1.54) is 0 Å². The lowest BCUT2D eigenvalue weighted by Crippen LogP contribution is -2.54. The van der Waals surface area contributed by atoms with Crippen molar-refractivity contribution in [2.45, 2.75) is 109 Å². The number of amides is 2. The highest BCUT2D eigenvalue weighted by Gasteiger charge is 2.55. The second-order valence-electron chi connectivity index (χ2n) is 9.54. The highest BCUT2D eigenvalue weighted by atomic mass is 16.7. The average Bonchev–Trinajstić information content (AvgIpc) is 3.56. The fourth-order valence-electron chi connectivity index (χ4n) is 3.86. The maximum absolute atomic E-state index is 13.3. The Morgan fingerprint density at radius 2 is 1.84 bits per heavy atom. The minimum Gasteiger partial charge on any atom is -0.359 e. The summed E-state index contributed by atoms with van der Waals surface area (Å²) in [6.45, 7) is 8.84. The Morgan fingerprint density at radius 1 is 1.09 bits per heavy atom. The first kappa shape index (κ1) is 26.7. The lowest BCUT2D eigenvalue weighted by Gasteiger charge is -2.27. The average molecular weight is 455 g/mol. The number of Topliss-reactive ketones (excluding diaryl/α,β-unsaturated/α-hetero) is 1. The van der Waals surface area contributed by atoms with Crippen molar-refractivity contribution in [1.29, 1.82) is 0 Å². The zero-order valence-corrected chi connectivity index (χ0v) is 20.2. The topological polar surface area (TPSA) is 106 Å². The van der Waals surface area contributed by atoms with Crippen LogP contribution in [0.3, 0.4) is 0 Å². The lowest BCUT2D eigenvalue weighted by atomic mass is 9.92. The largest absolute Gasteiger partial charge is 0.359 e. The molecule has 0 spiro atoms. The van der Waals surface area contributed by atoms with Gasteiger partial charge in [-0.2, -0.15) is 0 Å². The van der Waals surface area contributed by atoms with Gasteiger partial charge in [-0.15, -0.1) is 0 Å².